The zero-order valence-corrected chi connectivity index (χ0v) is 13.5. The lowest BCUT2D eigenvalue weighted by atomic mass is 10.0. The lowest BCUT2D eigenvalue weighted by Crippen LogP contribution is -2.23. The summed E-state index contributed by atoms with van der Waals surface area (Å²) in [5.41, 5.74) is 3.91. The van der Waals surface area contributed by atoms with E-state index in [-0.39, 0.29) is 5.91 Å². The summed E-state index contributed by atoms with van der Waals surface area (Å²) in [6.45, 7) is 5.76. The Balaban J connectivity index is 1.84. The van der Waals surface area contributed by atoms with Crippen LogP contribution in [0.2, 0.25) is 5.02 Å². The average Bonchev–Trinajstić information content (AvgIpc) is 2.78. The number of halogens is 1. The first-order valence-electron chi connectivity index (χ1n) is 7.38. The van der Waals surface area contributed by atoms with Gasteiger partial charge in [0.2, 0.25) is 0 Å². The van der Waals surface area contributed by atoms with Crippen LogP contribution in [0.25, 0.3) is 0 Å². The molecule has 1 aliphatic heterocycles. The number of amides is 1. The van der Waals surface area contributed by atoms with E-state index in [1.54, 1.807) is 0 Å². The van der Waals surface area contributed by atoms with Gasteiger partial charge in [-0.25, -0.2) is 0 Å². The van der Waals surface area contributed by atoms with Gasteiger partial charge in [0.05, 0.1) is 6.61 Å². The Morgan fingerprint density at radius 2 is 1.95 bits per heavy atom. The van der Waals surface area contributed by atoms with Crippen molar-refractivity contribution in [3.8, 4) is 5.75 Å². The molecule has 4 heteroatoms. The molecule has 0 bridgehead atoms. The first-order chi connectivity index (χ1) is 10.6. The molecule has 0 saturated carbocycles. The highest BCUT2D eigenvalue weighted by Gasteiger charge is 2.29. The number of hydrogen-bond donors (Lipinski definition) is 0. The number of fused-ring (bicyclic) bond motifs is 1. The van der Waals surface area contributed by atoms with Crippen LogP contribution < -0.4 is 4.74 Å². The maximum absolute atomic E-state index is 12.6. The maximum atomic E-state index is 12.6. The summed E-state index contributed by atoms with van der Waals surface area (Å²) in [4.78, 5) is 14.5. The van der Waals surface area contributed by atoms with Gasteiger partial charge in [-0.2, -0.15) is 0 Å². The maximum Gasteiger partial charge on any atom is 0.255 e. The Labute approximate surface area is 135 Å². The van der Waals surface area contributed by atoms with Crippen molar-refractivity contribution in [1.29, 1.82) is 0 Å². The van der Waals surface area contributed by atoms with E-state index in [9.17, 15) is 4.79 Å². The second-order valence-corrected chi connectivity index (χ2v) is 5.93. The molecule has 114 valence electrons. The molecule has 1 aliphatic rings. The highest BCUT2D eigenvalue weighted by Crippen LogP contribution is 2.31. The molecule has 0 aromatic heterocycles. The van der Waals surface area contributed by atoms with Crippen molar-refractivity contribution in [3.63, 3.8) is 0 Å². The quantitative estimate of drug-likeness (QED) is 0.846. The number of carbonyl (C=O) groups excluding carboxylic acids is 1. The first-order valence-corrected chi connectivity index (χ1v) is 7.76. The van der Waals surface area contributed by atoms with Crippen LogP contribution in [0.1, 0.15) is 34.0 Å². The van der Waals surface area contributed by atoms with E-state index in [0.717, 1.165) is 28.0 Å². The fraction of sp³-hybridized carbons (Fsp3) is 0.278. The Hall–Kier alpha value is -2.00. The Morgan fingerprint density at radius 1 is 1.23 bits per heavy atom. The van der Waals surface area contributed by atoms with Crippen molar-refractivity contribution >= 4 is 17.5 Å². The van der Waals surface area contributed by atoms with Crippen molar-refractivity contribution in [3.05, 3.63) is 63.7 Å². The van der Waals surface area contributed by atoms with E-state index in [2.05, 4.69) is 0 Å². The number of carbonyl (C=O) groups is 1. The third-order valence-corrected chi connectivity index (χ3v) is 4.10. The highest BCUT2D eigenvalue weighted by molar-refractivity contribution is 6.30. The molecule has 0 unspecified atom stereocenters. The zero-order valence-electron chi connectivity index (χ0n) is 12.7. The summed E-state index contributed by atoms with van der Waals surface area (Å²) >= 11 is 5.90. The molecule has 3 nitrogen and oxygen atoms in total. The molecule has 0 atom stereocenters. The molecule has 0 radical (unpaired) electrons. The summed E-state index contributed by atoms with van der Waals surface area (Å²) in [7, 11) is 0. The van der Waals surface area contributed by atoms with E-state index in [1.165, 1.54) is 0 Å². The molecule has 3 rings (SSSR count). The van der Waals surface area contributed by atoms with Crippen molar-refractivity contribution in [2.75, 3.05) is 6.61 Å². The monoisotopic (exact) mass is 315 g/mol. The summed E-state index contributed by atoms with van der Waals surface area (Å²) in [5, 5.41) is 0.706. The summed E-state index contributed by atoms with van der Waals surface area (Å²) in [6.07, 6.45) is 0. The van der Waals surface area contributed by atoms with Crippen LogP contribution in [0.15, 0.2) is 36.4 Å². The SMILES string of the molecule is CCOc1cc(C)c2c(c1)CN(Cc1ccc(Cl)cc1)C2=O. The first kappa shape index (κ1) is 14.9. The molecule has 0 aliphatic carbocycles. The Kier molecular flexibility index (Phi) is 4.08. The fourth-order valence-corrected chi connectivity index (χ4v) is 3.00. The highest BCUT2D eigenvalue weighted by atomic mass is 35.5. The minimum Gasteiger partial charge on any atom is -0.494 e. The molecule has 0 spiro atoms. The fourth-order valence-electron chi connectivity index (χ4n) is 2.88. The van der Waals surface area contributed by atoms with Gasteiger partial charge in [0.1, 0.15) is 5.75 Å². The van der Waals surface area contributed by atoms with E-state index in [0.29, 0.717) is 24.7 Å². The minimum atomic E-state index is 0.0884. The molecule has 2 aromatic rings. The van der Waals surface area contributed by atoms with Crippen LogP contribution in [-0.4, -0.2) is 17.4 Å². The topological polar surface area (TPSA) is 29.5 Å². The van der Waals surface area contributed by atoms with Crippen molar-refractivity contribution in [2.45, 2.75) is 26.9 Å². The van der Waals surface area contributed by atoms with Crippen molar-refractivity contribution < 1.29 is 9.53 Å². The van der Waals surface area contributed by atoms with Gasteiger partial charge in [-0.1, -0.05) is 23.7 Å². The number of ether oxygens (including phenoxy) is 1. The number of hydrogen-bond acceptors (Lipinski definition) is 2. The largest absolute Gasteiger partial charge is 0.494 e. The van der Waals surface area contributed by atoms with Crippen LogP contribution >= 0.6 is 11.6 Å². The molecule has 0 fully saturated rings. The Bertz CT molecular complexity index is 710. The molecule has 2 aromatic carbocycles. The lowest BCUT2D eigenvalue weighted by molar-refractivity contribution is 0.0766. The predicted molar refractivity (Wildman–Crippen MR) is 87.4 cm³/mol. The minimum absolute atomic E-state index is 0.0884. The average molecular weight is 316 g/mol. The van der Waals surface area contributed by atoms with E-state index in [4.69, 9.17) is 16.3 Å². The smallest absolute Gasteiger partial charge is 0.255 e. The van der Waals surface area contributed by atoms with Gasteiger partial charge in [0, 0.05) is 23.7 Å². The van der Waals surface area contributed by atoms with E-state index >= 15 is 0 Å². The second kappa shape index (κ2) is 6.01. The Morgan fingerprint density at radius 3 is 2.64 bits per heavy atom. The predicted octanol–water partition coefficient (Wildman–Crippen LogP) is 4.20. The number of benzene rings is 2. The molecule has 22 heavy (non-hydrogen) atoms. The standard InChI is InChI=1S/C18H18ClNO2/c1-3-22-16-8-12(2)17-14(9-16)11-20(18(17)21)10-13-4-6-15(19)7-5-13/h4-9H,3,10-11H2,1-2H3. The molecule has 0 N–H and O–H groups in total. The van der Waals surface area contributed by atoms with Crippen LogP contribution in [0.3, 0.4) is 0 Å². The van der Waals surface area contributed by atoms with Gasteiger partial charge in [-0.15, -0.1) is 0 Å². The van der Waals surface area contributed by atoms with Gasteiger partial charge in [0.25, 0.3) is 5.91 Å². The number of rotatable bonds is 4. The van der Waals surface area contributed by atoms with Crippen LogP contribution in [0.5, 0.6) is 5.75 Å². The van der Waals surface area contributed by atoms with Crippen LogP contribution in [0.4, 0.5) is 0 Å². The lowest BCUT2D eigenvalue weighted by Gasteiger charge is -2.15. The summed E-state index contributed by atoms with van der Waals surface area (Å²) in [5.74, 6) is 0.922. The number of nitrogens with zero attached hydrogens (tertiary/aromatic N) is 1. The molecular formula is C18H18ClNO2. The van der Waals surface area contributed by atoms with Gasteiger partial charge in [-0.3, -0.25) is 4.79 Å². The zero-order chi connectivity index (χ0) is 15.7. The normalized spacial score (nSPS) is 13.4. The number of aryl methyl sites for hydroxylation is 1. The summed E-state index contributed by atoms with van der Waals surface area (Å²) in [6, 6.07) is 11.5. The van der Waals surface area contributed by atoms with E-state index in [1.807, 2.05) is 55.1 Å². The van der Waals surface area contributed by atoms with E-state index < -0.39 is 0 Å². The summed E-state index contributed by atoms with van der Waals surface area (Å²) < 4.78 is 5.57. The van der Waals surface area contributed by atoms with Crippen LogP contribution in [0, 0.1) is 6.92 Å². The van der Waals surface area contributed by atoms with Crippen molar-refractivity contribution in [1.82, 2.24) is 4.90 Å². The molecule has 0 saturated heterocycles. The third-order valence-electron chi connectivity index (χ3n) is 3.85. The molecule has 1 amide bonds. The van der Waals surface area contributed by atoms with Gasteiger partial charge >= 0.3 is 0 Å². The molecule has 1 heterocycles. The second-order valence-electron chi connectivity index (χ2n) is 5.49. The van der Waals surface area contributed by atoms with Crippen LogP contribution in [-0.2, 0) is 13.1 Å². The van der Waals surface area contributed by atoms with Gasteiger partial charge < -0.3 is 9.64 Å². The molecular weight excluding hydrogens is 298 g/mol. The van der Waals surface area contributed by atoms with Crippen molar-refractivity contribution in [2.24, 2.45) is 0 Å². The van der Waals surface area contributed by atoms with Gasteiger partial charge in [-0.05, 0) is 54.8 Å². The van der Waals surface area contributed by atoms with Gasteiger partial charge in [0.15, 0.2) is 0 Å². The third kappa shape index (κ3) is 2.81.